The molecule has 0 saturated heterocycles. The molecule has 7 heteroatoms. The third-order valence-electron chi connectivity index (χ3n) is 3.03. The van der Waals surface area contributed by atoms with Crippen molar-refractivity contribution in [3.8, 4) is 0 Å². The van der Waals surface area contributed by atoms with Gasteiger partial charge in [0.25, 0.3) is 0 Å². The standard InChI is InChI=1S/C14H16N4O3/c1-18-8-11(7-17-18)12(15)13(19)16-6-9-2-4-10(5-3-9)14(20)21/h2-5,7-8,12H,6,15H2,1H3,(H,16,19)(H,20,21). The maximum absolute atomic E-state index is 11.9. The van der Waals surface area contributed by atoms with E-state index in [0.717, 1.165) is 5.56 Å². The van der Waals surface area contributed by atoms with Crippen LogP contribution in [-0.4, -0.2) is 26.8 Å². The summed E-state index contributed by atoms with van der Waals surface area (Å²) in [6.07, 6.45) is 3.23. The number of carbonyl (C=O) groups excluding carboxylic acids is 1. The van der Waals surface area contributed by atoms with Crippen molar-refractivity contribution in [1.82, 2.24) is 15.1 Å². The number of nitrogens with zero attached hydrogens (tertiary/aromatic N) is 2. The van der Waals surface area contributed by atoms with Gasteiger partial charge in [-0.15, -0.1) is 0 Å². The molecule has 110 valence electrons. The number of carbonyl (C=O) groups is 2. The van der Waals surface area contributed by atoms with Crippen LogP contribution in [0.4, 0.5) is 0 Å². The molecule has 21 heavy (non-hydrogen) atoms. The molecule has 1 aromatic carbocycles. The molecule has 0 aliphatic carbocycles. The van der Waals surface area contributed by atoms with Crippen molar-refractivity contribution in [2.45, 2.75) is 12.6 Å². The van der Waals surface area contributed by atoms with Crippen LogP contribution in [0.25, 0.3) is 0 Å². The van der Waals surface area contributed by atoms with E-state index < -0.39 is 12.0 Å². The number of nitrogens with two attached hydrogens (primary N) is 1. The normalized spacial score (nSPS) is 11.9. The van der Waals surface area contributed by atoms with Crippen LogP contribution in [0.15, 0.2) is 36.7 Å². The summed E-state index contributed by atoms with van der Waals surface area (Å²) in [4.78, 5) is 22.7. The molecule has 2 aromatic rings. The van der Waals surface area contributed by atoms with Crippen LogP contribution < -0.4 is 11.1 Å². The van der Waals surface area contributed by atoms with E-state index in [-0.39, 0.29) is 18.0 Å². The van der Waals surface area contributed by atoms with E-state index in [1.54, 1.807) is 36.3 Å². The van der Waals surface area contributed by atoms with Crippen LogP contribution in [0.2, 0.25) is 0 Å². The minimum Gasteiger partial charge on any atom is -0.478 e. The number of aromatic nitrogens is 2. The summed E-state index contributed by atoms with van der Waals surface area (Å²) in [6.45, 7) is 0.284. The summed E-state index contributed by atoms with van der Waals surface area (Å²) >= 11 is 0. The van der Waals surface area contributed by atoms with Gasteiger partial charge in [0, 0.05) is 25.4 Å². The zero-order valence-electron chi connectivity index (χ0n) is 11.5. The maximum Gasteiger partial charge on any atom is 0.335 e. The number of carboxylic acids is 1. The van der Waals surface area contributed by atoms with E-state index in [9.17, 15) is 9.59 Å². The number of hydrogen-bond acceptors (Lipinski definition) is 4. The second kappa shape index (κ2) is 6.19. The van der Waals surface area contributed by atoms with Crippen LogP contribution in [-0.2, 0) is 18.4 Å². The van der Waals surface area contributed by atoms with E-state index in [1.807, 2.05) is 0 Å². The molecular weight excluding hydrogens is 272 g/mol. The molecule has 1 aromatic heterocycles. The van der Waals surface area contributed by atoms with Gasteiger partial charge in [0.15, 0.2) is 0 Å². The van der Waals surface area contributed by atoms with Gasteiger partial charge in [0.1, 0.15) is 6.04 Å². The third-order valence-corrected chi connectivity index (χ3v) is 3.03. The van der Waals surface area contributed by atoms with Crippen molar-refractivity contribution in [3.63, 3.8) is 0 Å². The highest BCUT2D eigenvalue weighted by molar-refractivity contribution is 5.87. The molecule has 1 atom stereocenters. The number of aryl methyl sites for hydroxylation is 1. The van der Waals surface area contributed by atoms with Gasteiger partial charge in [0.2, 0.25) is 5.91 Å². The van der Waals surface area contributed by atoms with E-state index >= 15 is 0 Å². The quantitative estimate of drug-likeness (QED) is 0.739. The van der Waals surface area contributed by atoms with Crippen molar-refractivity contribution in [2.75, 3.05) is 0 Å². The lowest BCUT2D eigenvalue weighted by atomic mass is 10.1. The average molecular weight is 288 g/mol. The number of rotatable bonds is 5. The fourth-order valence-corrected chi connectivity index (χ4v) is 1.82. The van der Waals surface area contributed by atoms with E-state index in [1.165, 1.54) is 12.1 Å². The molecule has 1 unspecified atom stereocenters. The number of nitrogens with one attached hydrogen (secondary N) is 1. The summed E-state index contributed by atoms with van der Waals surface area (Å²) in [7, 11) is 1.75. The van der Waals surface area contributed by atoms with Gasteiger partial charge in [-0.25, -0.2) is 4.79 Å². The summed E-state index contributed by atoms with van der Waals surface area (Å²) in [5, 5.41) is 15.5. The first-order chi connectivity index (χ1) is 9.97. The Morgan fingerprint density at radius 1 is 1.38 bits per heavy atom. The van der Waals surface area contributed by atoms with Crippen molar-refractivity contribution >= 4 is 11.9 Å². The van der Waals surface area contributed by atoms with Crippen molar-refractivity contribution < 1.29 is 14.7 Å². The van der Waals surface area contributed by atoms with Gasteiger partial charge in [-0.3, -0.25) is 9.48 Å². The summed E-state index contributed by atoms with van der Waals surface area (Å²) < 4.78 is 1.58. The Bertz CT molecular complexity index is 648. The molecule has 0 fully saturated rings. The minimum atomic E-state index is -0.982. The molecule has 0 radical (unpaired) electrons. The number of aromatic carboxylic acids is 1. The molecule has 0 bridgehead atoms. The lowest BCUT2D eigenvalue weighted by Gasteiger charge is -2.10. The number of amides is 1. The highest BCUT2D eigenvalue weighted by atomic mass is 16.4. The van der Waals surface area contributed by atoms with E-state index in [4.69, 9.17) is 10.8 Å². The van der Waals surface area contributed by atoms with Gasteiger partial charge in [-0.2, -0.15) is 5.10 Å². The summed E-state index contributed by atoms with van der Waals surface area (Å²) in [5.41, 5.74) is 7.48. The fraction of sp³-hybridized carbons (Fsp3) is 0.214. The molecule has 1 heterocycles. The van der Waals surface area contributed by atoms with Gasteiger partial charge in [-0.05, 0) is 17.7 Å². The lowest BCUT2D eigenvalue weighted by Crippen LogP contribution is -2.33. The first kappa shape index (κ1) is 14.7. The molecule has 0 spiro atoms. The van der Waals surface area contributed by atoms with Crippen LogP contribution in [0.3, 0.4) is 0 Å². The van der Waals surface area contributed by atoms with Crippen molar-refractivity contribution in [3.05, 3.63) is 53.3 Å². The van der Waals surface area contributed by atoms with Gasteiger partial charge < -0.3 is 16.2 Å². The van der Waals surface area contributed by atoms with Crippen molar-refractivity contribution in [2.24, 2.45) is 12.8 Å². The predicted octanol–water partition coefficient (Wildman–Crippen LogP) is 0.434. The largest absolute Gasteiger partial charge is 0.478 e. The Kier molecular flexibility index (Phi) is 4.34. The molecule has 7 nitrogen and oxygen atoms in total. The maximum atomic E-state index is 11.9. The predicted molar refractivity (Wildman–Crippen MR) is 75.4 cm³/mol. The number of hydrogen-bond donors (Lipinski definition) is 3. The topological polar surface area (TPSA) is 110 Å². The SMILES string of the molecule is Cn1cc(C(N)C(=O)NCc2ccc(C(=O)O)cc2)cn1. The van der Waals surface area contributed by atoms with Gasteiger partial charge >= 0.3 is 5.97 Å². The number of benzene rings is 1. The Labute approximate surface area is 121 Å². The molecule has 0 aliphatic rings. The Balaban J connectivity index is 1.93. The zero-order chi connectivity index (χ0) is 15.4. The first-order valence-corrected chi connectivity index (χ1v) is 6.31. The Morgan fingerprint density at radius 2 is 2.05 bits per heavy atom. The molecule has 1 amide bonds. The van der Waals surface area contributed by atoms with Crippen LogP contribution in [0.5, 0.6) is 0 Å². The third kappa shape index (κ3) is 3.67. The lowest BCUT2D eigenvalue weighted by molar-refractivity contribution is -0.122. The van der Waals surface area contributed by atoms with Crippen LogP contribution >= 0.6 is 0 Å². The average Bonchev–Trinajstić information content (AvgIpc) is 2.91. The second-order valence-electron chi connectivity index (χ2n) is 4.64. The molecular formula is C14H16N4O3. The van der Waals surface area contributed by atoms with Crippen LogP contribution in [0.1, 0.15) is 27.5 Å². The molecule has 4 N–H and O–H groups in total. The minimum absolute atomic E-state index is 0.206. The van der Waals surface area contributed by atoms with E-state index in [2.05, 4.69) is 10.4 Å². The fourth-order valence-electron chi connectivity index (χ4n) is 1.82. The van der Waals surface area contributed by atoms with Crippen LogP contribution in [0, 0.1) is 0 Å². The zero-order valence-corrected chi connectivity index (χ0v) is 11.5. The first-order valence-electron chi connectivity index (χ1n) is 6.31. The van der Waals surface area contributed by atoms with Gasteiger partial charge in [-0.1, -0.05) is 12.1 Å². The Morgan fingerprint density at radius 3 is 2.57 bits per heavy atom. The summed E-state index contributed by atoms with van der Waals surface area (Å²) in [6, 6.07) is 5.51. The molecule has 0 saturated carbocycles. The number of carboxylic acid groups (broad SMARTS) is 1. The summed E-state index contributed by atoms with van der Waals surface area (Å²) in [5.74, 6) is -1.30. The molecule has 0 aliphatic heterocycles. The van der Waals surface area contributed by atoms with Crippen molar-refractivity contribution in [1.29, 1.82) is 0 Å². The highest BCUT2D eigenvalue weighted by Gasteiger charge is 2.16. The molecule has 2 rings (SSSR count). The smallest absolute Gasteiger partial charge is 0.335 e. The highest BCUT2D eigenvalue weighted by Crippen LogP contribution is 2.09. The Hall–Kier alpha value is -2.67. The second-order valence-corrected chi connectivity index (χ2v) is 4.64. The monoisotopic (exact) mass is 288 g/mol. The van der Waals surface area contributed by atoms with Gasteiger partial charge in [0.05, 0.1) is 11.8 Å². The van der Waals surface area contributed by atoms with E-state index in [0.29, 0.717) is 5.56 Å².